The maximum absolute atomic E-state index is 12.7. The van der Waals surface area contributed by atoms with Crippen LogP contribution in [0.4, 0.5) is 0 Å². The Balaban J connectivity index is 1.18. The van der Waals surface area contributed by atoms with Crippen LogP contribution in [0.2, 0.25) is 0 Å². The lowest BCUT2D eigenvalue weighted by Gasteiger charge is -2.38. The maximum atomic E-state index is 12.7. The standard InChI is InChI=1S/C20H17N5O2S/c26-20(14-6-7-18-19(8-14)28-13-21-18)24-10-16(11-24)25-9-15(22-23-25)12-27-17-4-2-1-3-5-17/h1-9,13,16H,10-12H2. The average Bonchev–Trinajstić information content (AvgIpc) is 3.35. The number of hydrogen-bond acceptors (Lipinski definition) is 6. The number of rotatable bonds is 5. The number of ether oxygens (including phenoxy) is 1. The fraction of sp³-hybridized carbons (Fsp3) is 0.200. The number of carbonyl (C=O) groups excluding carboxylic acids is 1. The Kier molecular flexibility index (Phi) is 4.25. The average molecular weight is 391 g/mol. The summed E-state index contributed by atoms with van der Waals surface area (Å²) < 4.78 is 8.55. The van der Waals surface area contributed by atoms with Crippen molar-refractivity contribution in [2.75, 3.05) is 13.1 Å². The lowest BCUT2D eigenvalue weighted by molar-refractivity contribution is 0.0498. The molecule has 4 aromatic rings. The minimum atomic E-state index is 0.0410. The first-order valence-corrected chi connectivity index (χ1v) is 9.85. The molecule has 1 fully saturated rings. The van der Waals surface area contributed by atoms with Gasteiger partial charge in [-0.2, -0.15) is 0 Å². The highest BCUT2D eigenvalue weighted by Crippen LogP contribution is 2.25. The van der Waals surface area contributed by atoms with Gasteiger partial charge in [-0.25, -0.2) is 9.67 Å². The number of likely N-dealkylation sites (tertiary alicyclic amines) is 1. The zero-order chi connectivity index (χ0) is 18.9. The first-order valence-electron chi connectivity index (χ1n) is 8.97. The summed E-state index contributed by atoms with van der Waals surface area (Å²) in [6.45, 7) is 1.62. The van der Waals surface area contributed by atoms with Gasteiger partial charge in [0, 0.05) is 18.7 Å². The van der Waals surface area contributed by atoms with Gasteiger partial charge >= 0.3 is 0 Å². The topological polar surface area (TPSA) is 73.1 Å². The molecule has 2 aromatic carbocycles. The molecule has 0 saturated carbocycles. The van der Waals surface area contributed by atoms with Crippen molar-refractivity contribution in [1.82, 2.24) is 24.9 Å². The lowest BCUT2D eigenvalue weighted by atomic mass is 10.1. The number of benzene rings is 2. The monoisotopic (exact) mass is 391 g/mol. The second-order valence-electron chi connectivity index (χ2n) is 6.69. The van der Waals surface area contributed by atoms with Gasteiger partial charge in [0.05, 0.1) is 28.0 Å². The predicted molar refractivity (Wildman–Crippen MR) is 105 cm³/mol. The maximum Gasteiger partial charge on any atom is 0.254 e. The molecule has 1 aliphatic rings. The van der Waals surface area contributed by atoms with E-state index in [0.717, 1.165) is 21.7 Å². The zero-order valence-corrected chi connectivity index (χ0v) is 15.7. The number of carbonyl (C=O) groups is 1. The van der Waals surface area contributed by atoms with Crippen LogP contribution in [0.1, 0.15) is 22.1 Å². The third kappa shape index (κ3) is 3.22. The smallest absolute Gasteiger partial charge is 0.254 e. The van der Waals surface area contributed by atoms with Crippen molar-refractivity contribution in [3.63, 3.8) is 0 Å². The van der Waals surface area contributed by atoms with Crippen molar-refractivity contribution in [2.24, 2.45) is 0 Å². The van der Waals surface area contributed by atoms with Crippen molar-refractivity contribution in [3.05, 3.63) is 71.5 Å². The number of fused-ring (bicyclic) bond motifs is 1. The van der Waals surface area contributed by atoms with Gasteiger partial charge in [0.2, 0.25) is 0 Å². The van der Waals surface area contributed by atoms with Crippen molar-refractivity contribution in [2.45, 2.75) is 12.6 Å². The van der Waals surface area contributed by atoms with Crippen LogP contribution in [0, 0.1) is 0 Å². The fourth-order valence-electron chi connectivity index (χ4n) is 3.19. The Morgan fingerprint density at radius 2 is 2.04 bits per heavy atom. The molecule has 2 aromatic heterocycles. The third-order valence-electron chi connectivity index (χ3n) is 4.79. The number of hydrogen-bond donors (Lipinski definition) is 0. The van der Waals surface area contributed by atoms with Crippen LogP contribution in [0.3, 0.4) is 0 Å². The van der Waals surface area contributed by atoms with Gasteiger partial charge in [-0.05, 0) is 30.3 Å². The van der Waals surface area contributed by atoms with E-state index in [1.807, 2.05) is 64.3 Å². The van der Waals surface area contributed by atoms with E-state index in [9.17, 15) is 4.79 Å². The molecule has 5 rings (SSSR count). The summed E-state index contributed by atoms with van der Waals surface area (Å²) in [5.41, 5.74) is 4.19. The van der Waals surface area contributed by atoms with Gasteiger partial charge in [0.15, 0.2) is 0 Å². The molecule has 0 unspecified atom stereocenters. The number of aromatic nitrogens is 4. The van der Waals surface area contributed by atoms with Gasteiger partial charge in [-0.1, -0.05) is 23.4 Å². The van der Waals surface area contributed by atoms with Crippen LogP contribution in [0.5, 0.6) is 5.75 Å². The molecule has 140 valence electrons. The van der Waals surface area contributed by atoms with Crippen LogP contribution in [-0.2, 0) is 6.61 Å². The summed E-state index contributed by atoms with van der Waals surface area (Å²) in [6, 6.07) is 15.4. The molecular weight excluding hydrogens is 374 g/mol. The zero-order valence-electron chi connectivity index (χ0n) is 14.9. The van der Waals surface area contributed by atoms with E-state index in [0.29, 0.717) is 25.3 Å². The van der Waals surface area contributed by atoms with E-state index < -0.39 is 0 Å². The van der Waals surface area contributed by atoms with E-state index in [4.69, 9.17) is 4.74 Å². The predicted octanol–water partition coefficient (Wildman–Crippen LogP) is 3.16. The van der Waals surface area contributed by atoms with Crippen LogP contribution < -0.4 is 4.74 Å². The van der Waals surface area contributed by atoms with Crippen LogP contribution in [0.15, 0.2) is 60.2 Å². The van der Waals surface area contributed by atoms with Gasteiger partial charge in [0.25, 0.3) is 5.91 Å². The van der Waals surface area contributed by atoms with Gasteiger partial charge in [-0.15, -0.1) is 16.4 Å². The number of nitrogens with zero attached hydrogens (tertiary/aromatic N) is 5. The molecule has 0 atom stereocenters. The minimum Gasteiger partial charge on any atom is -0.487 e. The molecule has 1 aliphatic heterocycles. The Morgan fingerprint density at radius 1 is 1.18 bits per heavy atom. The Hall–Kier alpha value is -3.26. The largest absolute Gasteiger partial charge is 0.487 e. The van der Waals surface area contributed by atoms with Gasteiger partial charge < -0.3 is 9.64 Å². The molecule has 0 spiro atoms. The molecule has 0 N–H and O–H groups in total. The molecule has 7 nitrogen and oxygen atoms in total. The molecule has 3 heterocycles. The second kappa shape index (κ2) is 7.05. The Morgan fingerprint density at radius 3 is 2.89 bits per heavy atom. The summed E-state index contributed by atoms with van der Waals surface area (Å²) >= 11 is 1.54. The van der Waals surface area contributed by atoms with E-state index in [2.05, 4.69) is 15.3 Å². The van der Waals surface area contributed by atoms with Crippen molar-refractivity contribution < 1.29 is 9.53 Å². The highest BCUT2D eigenvalue weighted by molar-refractivity contribution is 7.16. The highest BCUT2D eigenvalue weighted by Gasteiger charge is 2.33. The van der Waals surface area contributed by atoms with Crippen LogP contribution in [-0.4, -0.2) is 43.9 Å². The number of para-hydroxylation sites is 1. The van der Waals surface area contributed by atoms with Gasteiger partial charge in [-0.3, -0.25) is 4.79 Å². The van der Waals surface area contributed by atoms with E-state index in [-0.39, 0.29) is 11.9 Å². The molecule has 0 bridgehead atoms. The number of thiazole rings is 1. The summed E-state index contributed by atoms with van der Waals surface area (Å²) in [7, 11) is 0. The van der Waals surface area contributed by atoms with E-state index in [1.54, 1.807) is 16.8 Å². The number of amides is 1. The fourth-order valence-corrected chi connectivity index (χ4v) is 3.91. The molecule has 8 heteroatoms. The summed E-state index contributed by atoms with van der Waals surface area (Å²) in [5, 5.41) is 8.36. The highest BCUT2D eigenvalue weighted by atomic mass is 32.1. The molecule has 1 saturated heterocycles. The molecule has 0 aliphatic carbocycles. The molecule has 28 heavy (non-hydrogen) atoms. The van der Waals surface area contributed by atoms with Crippen LogP contribution >= 0.6 is 11.3 Å². The Labute approximate surface area is 165 Å². The van der Waals surface area contributed by atoms with Crippen molar-refractivity contribution >= 4 is 27.5 Å². The first kappa shape index (κ1) is 16.9. The van der Waals surface area contributed by atoms with Gasteiger partial charge in [0.1, 0.15) is 18.1 Å². The third-order valence-corrected chi connectivity index (χ3v) is 5.58. The minimum absolute atomic E-state index is 0.0410. The lowest BCUT2D eigenvalue weighted by Crippen LogP contribution is -2.50. The first-order chi connectivity index (χ1) is 13.8. The summed E-state index contributed by atoms with van der Waals surface area (Å²) in [4.78, 5) is 18.8. The van der Waals surface area contributed by atoms with E-state index in [1.165, 1.54) is 0 Å². The van der Waals surface area contributed by atoms with E-state index >= 15 is 0 Å². The molecular formula is C20H17N5O2S. The normalized spacial score (nSPS) is 14.2. The SMILES string of the molecule is O=C(c1ccc2ncsc2c1)N1CC(n2cc(COc3ccccc3)nn2)C1. The van der Waals surface area contributed by atoms with Crippen molar-refractivity contribution in [3.8, 4) is 5.75 Å². The summed E-state index contributed by atoms with van der Waals surface area (Å²) in [6.07, 6.45) is 1.89. The molecule has 0 radical (unpaired) electrons. The second-order valence-corrected chi connectivity index (χ2v) is 7.58. The van der Waals surface area contributed by atoms with Crippen LogP contribution in [0.25, 0.3) is 10.2 Å². The quantitative estimate of drug-likeness (QED) is 0.522. The molecule has 1 amide bonds. The van der Waals surface area contributed by atoms with Crippen molar-refractivity contribution in [1.29, 1.82) is 0 Å². The Bertz CT molecular complexity index is 1120. The summed E-state index contributed by atoms with van der Waals surface area (Å²) in [5.74, 6) is 0.842.